The molecule has 0 spiro atoms. The van der Waals surface area contributed by atoms with Crippen LogP contribution in [0.25, 0.3) is 0 Å². The molecule has 0 bridgehead atoms. The van der Waals surface area contributed by atoms with E-state index in [9.17, 15) is 0 Å². The summed E-state index contributed by atoms with van der Waals surface area (Å²) in [5, 5.41) is 0. The molecule has 32 valence electrons. The normalized spacial score (nSPS) is 8.57. The van der Waals surface area contributed by atoms with Crippen LogP contribution in [0.3, 0.4) is 0 Å². The van der Waals surface area contributed by atoms with Crippen LogP contribution in [0.15, 0.2) is 0 Å². The van der Waals surface area contributed by atoms with Gasteiger partial charge in [0, 0.05) is 0 Å². The summed E-state index contributed by atoms with van der Waals surface area (Å²) in [6, 6.07) is 0. The molecule has 0 saturated heterocycles. The summed E-state index contributed by atoms with van der Waals surface area (Å²) in [6.07, 6.45) is 0. The number of hydrogen-bond donors (Lipinski definition) is 2. The molecule has 0 heterocycles. The molecule has 0 aromatic heterocycles. The Morgan fingerprint density at radius 1 is 1.14 bits per heavy atom. The Kier molecular flexibility index (Phi) is 15.9. The van der Waals surface area contributed by atoms with E-state index in [1.54, 1.807) is 0 Å². The van der Waals surface area contributed by atoms with E-state index in [1.165, 1.54) is 0 Å². The Morgan fingerprint density at radius 3 is 1.14 bits per heavy atom. The fourth-order valence-corrected chi connectivity index (χ4v) is 0. The molecule has 7 heavy (non-hydrogen) atoms. The minimum absolute atomic E-state index is 0. The van der Waals surface area contributed by atoms with Crippen LogP contribution >= 0.6 is 0 Å². The van der Waals surface area contributed by atoms with Gasteiger partial charge >= 0.3 is 80.9 Å². The summed E-state index contributed by atoms with van der Waals surface area (Å²) in [4.78, 5) is 31.8. The van der Waals surface area contributed by atoms with Gasteiger partial charge in [-0.25, -0.2) is 0 Å². The molecule has 7 heteroatoms. The van der Waals surface area contributed by atoms with E-state index in [-0.39, 0.29) is 80.9 Å². The minimum Gasteiger partial charge on any atom is -0.828 e. The maximum Gasteiger partial charge on any atom is 1.00 e. The fourth-order valence-electron chi connectivity index (χ4n) is 0. The van der Waals surface area contributed by atoms with E-state index < -0.39 is 9.05 Å². The van der Waals surface area contributed by atoms with Crippen molar-refractivity contribution in [2.24, 2.45) is 0 Å². The largest absolute Gasteiger partial charge is 1.00 e. The Bertz CT molecular complexity index is 27.2. The zero-order chi connectivity index (χ0) is 4.50. The first kappa shape index (κ1) is 16.4. The van der Waals surface area contributed by atoms with Gasteiger partial charge in [-0.05, 0) is 0 Å². The molecule has 0 aliphatic heterocycles. The molecule has 0 atom stereocenters. The first-order chi connectivity index (χ1) is 2.00. The Balaban J connectivity index is -0.0000000800. The van der Waals surface area contributed by atoms with Crippen LogP contribution in [0.4, 0.5) is 0 Å². The summed E-state index contributed by atoms with van der Waals surface area (Å²) in [7, 11) is -5.11. The van der Waals surface area contributed by atoms with Gasteiger partial charge in [-0.1, -0.05) is 0 Å². The third-order valence-electron chi connectivity index (χ3n) is 0. The maximum absolute atomic E-state index is 8.80. The second-order valence-corrected chi connectivity index (χ2v) is 1.65. The molecule has 0 fully saturated rings. The predicted octanol–water partition coefficient (Wildman–Crippen LogP) is -9.86. The van der Waals surface area contributed by atoms with E-state index >= 15 is 0 Å². The van der Waals surface area contributed by atoms with Crippen molar-refractivity contribution in [3.8, 4) is 0 Å². The topological polar surface area (TPSA) is 86.6 Å². The van der Waals surface area contributed by atoms with Crippen molar-refractivity contribution in [1.82, 2.24) is 0 Å². The van der Waals surface area contributed by atoms with Crippen molar-refractivity contribution in [2.45, 2.75) is 0 Å². The molecular weight excluding hydrogens is 154 g/mol. The van der Waals surface area contributed by atoms with Crippen molar-refractivity contribution >= 4 is 9.05 Å². The zero-order valence-electron chi connectivity index (χ0n) is 4.21. The summed E-state index contributed by atoms with van der Waals surface area (Å²) < 4.78 is 0. The van der Waals surface area contributed by atoms with Gasteiger partial charge in [-0.3, -0.25) is 0 Å². The summed E-state index contributed by atoms with van der Waals surface area (Å²) in [5.74, 6) is 0. The Morgan fingerprint density at radius 2 is 1.14 bits per heavy atom. The minimum atomic E-state index is -5.11. The standard InChI is InChI=1S/K.Na.H2O4Si/c;;1-5(2,3)4/h;;1-2H/q2*+1;-2. The van der Waals surface area contributed by atoms with Gasteiger partial charge in [-0.2, -0.15) is 0 Å². The van der Waals surface area contributed by atoms with Crippen LogP contribution in [0, 0.1) is 0 Å². The van der Waals surface area contributed by atoms with Gasteiger partial charge in [0.2, 0.25) is 0 Å². The van der Waals surface area contributed by atoms with Crippen molar-refractivity contribution in [1.29, 1.82) is 0 Å². The molecule has 0 saturated carbocycles. The average molecular weight is 156 g/mol. The van der Waals surface area contributed by atoms with Gasteiger partial charge in [0.1, 0.15) is 9.05 Å². The molecule has 4 nitrogen and oxygen atoms in total. The number of hydrogen-bond acceptors (Lipinski definition) is 4. The third-order valence-corrected chi connectivity index (χ3v) is 0. The van der Waals surface area contributed by atoms with Gasteiger partial charge in [0.25, 0.3) is 0 Å². The summed E-state index contributed by atoms with van der Waals surface area (Å²) >= 11 is 0. The van der Waals surface area contributed by atoms with Gasteiger partial charge < -0.3 is 19.2 Å². The number of rotatable bonds is 0. The first-order valence-corrected chi connectivity index (χ1v) is 2.57. The molecule has 0 aromatic rings. The molecule has 0 aliphatic rings. The van der Waals surface area contributed by atoms with Crippen LogP contribution in [-0.4, -0.2) is 18.6 Å². The van der Waals surface area contributed by atoms with Gasteiger partial charge in [-0.15, -0.1) is 0 Å². The second kappa shape index (κ2) is 6.81. The molecule has 0 radical (unpaired) electrons. The van der Waals surface area contributed by atoms with Gasteiger partial charge in [0.05, 0.1) is 0 Å². The SMILES string of the molecule is [K+].[Na+].[O-][Si]([O-])(O)O. The molecule has 0 unspecified atom stereocenters. The van der Waals surface area contributed by atoms with E-state index in [1.807, 2.05) is 0 Å². The van der Waals surface area contributed by atoms with E-state index in [0.29, 0.717) is 0 Å². The Labute approximate surface area is 107 Å². The van der Waals surface area contributed by atoms with Crippen LogP contribution in [0.1, 0.15) is 0 Å². The zero-order valence-corrected chi connectivity index (χ0v) is 10.3. The predicted molar refractivity (Wildman–Crippen MR) is 10.2 cm³/mol. The summed E-state index contributed by atoms with van der Waals surface area (Å²) in [6.45, 7) is 0. The van der Waals surface area contributed by atoms with E-state index in [4.69, 9.17) is 19.2 Å². The smallest absolute Gasteiger partial charge is 0.828 e. The van der Waals surface area contributed by atoms with Crippen molar-refractivity contribution < 1.29 is 100 Å². The van der Waals surface area contributed by atoms with Crippen LogP contribution in [0.5, 0.6) is 0 Å². The molecule has 0 aromatic carbocycles. The molecule has 0 aliphatic carbocycles. The average Bonchev–Trinajstić information content (AvgIpc) is 0.722. The van der Waals surface area contributed by atoms with Crippen LogP contribution in [-0.2, 0) is 0 Å². The maximum atomic E-state index is 8.80. The van der Waals surface area contributed by atoms with Crippen molar-refractivity contribution in [3.63, 3.8) is 0 Å². The monoisotopic (exact) mass is 156 g/mol. The van der Waals surface area contributed by atoms with Crippen molar-refractivity contribution in [3.05, 3.63) is 0 Å². The third kappa shape index (κ3) is 53.7. The van der Waals surface area contributed by atoms with Crippen LogP contribution in [0.2, 0.25) is 0 Å². The molecule has 0 amide bonds. The molecular formula is H2KNaO4Si. The van der Waals surface area contributed by atoms with Gasteiger partial charge in [0.15, 0.2) is 0 Å². The summed E-state index contributed by atoms with van der Waals surface area (Å²) in [5.41, 5.74) is 0. The van der Waals surface area contributed by atoms with E-state index in [2.05, 4.69) is 0 Å². The Hall–Kier alpha value is 2.69. The quantitative estimate of drug-likeness (QED) is 0.341. The molecule has 0 rings (SSSR count). The van der Waals surface area contributed by atoms with Crippen LogP contribution < -0.4 is 90.5 Å². The van der Waals surface area contributed by atoms with E-state index in [0.717, 1.165) is 0 Å². The first-order valence-electron chi connectivity index (χ1n) is 0.855. The van der Waals surface area contributed by atoms with Crippen molar-refractivity contribution in [2.75, 3.05) is 0 Å². The second-order valence-electron chi connectivity index (χ2n) is 0.548. The fraction of sp³-hybridized carbons (Fsp3) is 0. The molecule has 2 N–H and O–H groups in total.